The van der Waals surface area contributed by atoms with E-state index in [1.54, 1.807) is 0 Å². The normalized spacial score (nSPS) is 53.1. The van der Waals surface area contributed by atoms with E-state index in [1.165, 1.54) is 0 Å². The first-order valence-electron chi connectivity index (χ1n) is 7.18. The summed E-state index contributed by atoms with van der Waals surface area (Å²) < 4.78 is 16.8. The van der Waals surface area contributed by atoms with Crippen molar-refractivity contribution >= 4 is 5.97 Å². The van der Waals surface area contributed by atoms with Crippen LogP contribution in [-0.4, -0.2) is 36.0 Å². The van der Waals surface area contributed by atoms with E-state index >= 15 is 0 Å². The Hall–Kier alpha value is -0.610. The first-order chi connectivity index (χ1) is 8.64. The predicted octanol–water partition coefficient (Wildman–Crippen LogP) is 1.81. The highest BCUT2D eigenvalue weighted by Gasteiger charge is 2.57. The Kier molecular flexibility index (Phi) is 2.31. The smallest absolute Gasteiger partial charge is 0.309 e. The van der Waals surface area contributed by atoms with Crippen LogP contribution in [0.2, 0.25) is 0 Å². The minimum atomic E-state index is -0.0286. The number of fused-ring (bicyclic) bond motifs is 2. The summed E-state index contributed by atoms with van der Waals surface area (Å²) in [6, 6.07) is 0. The summed E-state index contributed by atoms with van der Waals surface area (Å²) in [5, 5.41) is 0. The predicted molar refractivity (Wildman–Crippen MR) is 63.0 cm³/mol. The third-order valence-corrected chi connectivity index (χ3v) is 5.04. The zero-order valence-electron chi connectivity index (χ0n) is 10.8. The quantitative estimate of drug-likeness (QED) is 0.555. The van der Waals surface area contributed by atoms with Gasteiger partial charge < -0.3 is 14.2 Å². The van der Waals surface area contributed by atoms with Gasteiger partial charge in [0.25, 0.3) is 0 Å². The van der Waals surface area contributed by atoms with Crippen LogP contribution in [0.3, 0.4) is 0 Å². The van der Waals surface area contributed by atoms with Crippen LogP contribution in [0.25, 0.3) is 0 Å². The Morgan fingerprint density at radius 3 is 2.89 bits per heavy atom. The van der Waals surface area contributed by atoms with Crippen molar-refractivity contribution in [3.8, 4) is 0 Å². The minimum absolute atomic E-state index is 0.00530. The monoisotopic (exact) mass is 252 g/mol. The zero-order valence-corrected chi connectivity index (χ0v) is 10.8. The van der Waals surface area contributed by atoms with Gasteiger partial charge in [0, 0.05) is 6.42 Å². The van der Waals surface area contributed by atoms with E-state index in [9.17, 15) is 4.79 Å². The summed E-state index contributed by atoms with van der Waals surface area (Å²) in [6.45, 7) is 2.11. The summed E-state index contributed by atoms with van der Waals surface area (Å²) in [4.78, 5) is 12.2. The molecule has 0 N–H and O–H groups in total. The Balaban J connectivity index is 1.32. The van der Waals surface area contributed by atoms with Crippen LogP contribution >= 0.6 is 0 Å². The molecule has 4 rings (SSSR count). The van der Waals surface area contributed by atoms with Crippen molar-refractivity contribution in [2.24, 2.45) is 5.92 Å². The molecule has 0 amide bonds. The van der Waals surface area contributed by atoms with E-state index in [4.69, 9.17) is 14.2 Å². The van der Waals surface area contributed by atoms with E-state index in [2.05, 4.69) is 6.92 Å². The first kappa shape index (κ1) is 11.2. The number of epoxide rings is 2. The number of carbonyl (C=O) groups excluding carboxylic acids is 1. The Labute approximate surface area is 107 Å². The molecule has 2 saturated heterocycles. The van der Waals surface area contributed by atoms with Gasteiger partial charge in [-0.05, 0) is 39.0 Å². The molecule has 18 heavy (non-hydrogen) atoms. The Morgan fingerprint density at radius 2 is 2.11 bits per heavy atom. The van der Waals surface area contributed by atoms with Gasteiger partial charge in [-0.3, -0.25) is 4.79 Å². The van der Waals surface area contributed by atoms with Crippen LogP contribution in [0, 0.1) is 5.92 Å². The molecule has 0 aromatic heterocycles. The van der Waals surface area contributed by atoms with Crippen molar-refractivity contribution in [2.75, 3.05) is 0 Å². The molecule has 2 aliphatic carbocycles. The summed E-state index contributed by atoms with van der Waals surface area (Å²) in [7, 11) is 0. The molecule has 0 spiro atoms. The first-order valence-corrected chi connectivity index (χ1v) is 7.18. The molecule has 0 aromatic rings. The van der Waals surface area contributed by atoms with Crippen molar-refractivity contribution < 1.29 is 19.0 Å². The van der Waals surface area contributed by atoms with Crippen molar-refractivity contribution in [3.63, 3.8) is 0 Å². The van der Waals surface area contributed by atoms with Gasteiger partial charge in [0.1, 0.15) is 6.10 Å². The molecular formula is C14H20O4. The van der Waals surface area contributed by atoms with Gasteiger partial charge in [0.15, 0.2) is 0 Å². The largest absolute Gasteiger partial charge is 0.462 e. The van der Waals surface area contributed by atoms with Crippen molar-refractivity contribution in [1.29, 1.82) is 0 Å². The molecule has 6 atom stereocenters. The minimum Gasteiger partial charge on any atom is -0.462 e. The maximum absolute atomic E-state index is 12.2. The number of carbonyl (C=O) groups is 1. The molecular weight excluding hydrogens is 232 g/mol. The van der Waals surface area contributed by atoms with Crippen LogP contribution in [0.1, 0.15) is 45.4 Å². The molecule has 100 valence electrons. The van der Waals surface area contributed by atoms with E-state index in [-0.39, 0.29) is 23.6 Å². The van der Waals surface area contributed by atoms with E-state index in [0.717, 1.165) is 38.5 Å². The second kappa shape index (κ2) is 3.70. The van der Waals surface area contributed by atoms with E-state index < -0.39 is 0 Å². The molecule has 2 aliphatic heterocycles. The van der Waals surface area contributed by atoms with E-state index in [1.807, 2.05) is 0 Å². The number of hydrogen-bond donors (Lipinski definition) is 0. The number of rotatable bonds is 2. The Bertz CT molecular complexity index is 382. The number of esters is 1. The fourth-order valence-electron chi connectivity index (χ4n) is 3.71. The Morgan fingerprint density at radius 1 is 1.22 bits per heavy atom. The molecule has 4 fully saturated rings. The summed E-state index contributed by atoms with van der Waals surface area (Å²) >= 11 is 0. The second-order valence-corrected chi connectivity index (χ2v) is 6.48. The van der Waals surface area contributed by atoms with Crippen molar-refractivity contribution in [3.05, 3.63) is 0 Å². The molecule has 0 bridgehead atoms. The van der Waals surface area contributed by atoms with E-state index in [0.29, 0.717) is 18.3 Å². The molecule has 4 aliphatic rings. The molecule has 2 heterocycles. The van der Waals surface area contributed by atoms with Gasteiger partial charge in [0.05, 0.1) is 29.8 Å². The summed E-state index contributed by atoms with van der Waals surface area (Å²) in [5.41, 5.74) is -0.0286. The summed E-state index contributed by atoms with van der Waals surface area (Å²) in [6.07, 6.45) is 7.02. The van der Waals surface area contributed by atoms with Gasteiger partial charge >= 0.3 is 5.97 Å². The lowest BCUT2D eigenvalue weighted by molar-refractivity contribution is -0.156. The van der Waals surface area contributed by atoms with Gasteiger partial charge in [-0.15, -0.1) is 0 Å². The highest BCUT2D eigenvalue weighted by atomic mass is 16.6. The topological polar surface area (TPSA) is 51.4 Å². The van der Waals surface area contributed by atoms with Gasteiger partial charge in [0.2, 0.25) is 0 Å². The lowest BCUT2D eigenvalue weighted by atomic mass is 9.82. The second-order valence-electron chi connectivity index (χ2n) is 6.48. The fourth-order valence-corrected chi connectivity index (χ4v) is 3.71. The number of ether oxygens (including phenoxy) is 3. The van der Waals surface area contributed by atoms with Gasteiger partial charge in [-0.1, -0.05) is 0 Å². The average molecular weight is 252 g/mol. The van der Waals surface area contributed by atoms with Gasteiger partial charge in [-0.25, -0.2) is 0 Å². The van der Waals surface area contributed by atoms with Crippen LogP contribution in [0.4, 0.5) is 0 Å². The van der Waals surface area contributed by atoms with Crippen molar-refractivity contribution in [2.45, 2.75) is 75.5 Å². The van der Waals surface area contributed by atoms with Crippen LogP contribution in [-0.2, 0) is 19.0 Å². The highest BCUT2D eigenvalue weighted by Crippen LogP contribution is 2.49. The lowest BCUT2D eigenvalue weighted by Gasteiger charge is -2.25. The van der Waals surface area contributed by atoms with Crippen LogP contribution in [0.5, 0.6) is 0 Å². The fraction of sp³-hybridized carbons (Fsp3) is 0.929. The maximum Gasteiger partial charge on any atom is 0.309 e. The maximum atomic E-state index is 12.2. The molecule has 4 heteroatoms. The lowest BCUT2D eigenvalue weighted by Crippen LogP contribution is -2.33. The third-order valence-electron chi connectivity index (χ3n) is 5.04. The average Bonchev–Trinajstić information content (AvgIpc) is 3.20. The molecule has 0 radical (unpaired) electrons. The van der Waals surface area contributed by atoms with Crippen molar-refractivity contribution in [1.82, 2.24) is 0 Å². The summed E-state index contributed by atoms with van der Waals surface area (Å²) in [5.74, 6) is 0.0425. The third kappa shape index (κ3) is 1.86. The zero-order chi connectivity index (χ0) is 12.3. The van der Waals surface area contributed by atoms with Crippen LogP contribution < -0.4 is 0 Å². The van der Waals surface area contributed by atoms with Gasteiger partial charge in [-0.2, -0.15) is 0 Å². The molecule has 2 saturated carbocycles. The van der Waals surface area contributed by atoms with Crippen LogP contribution in [0.15, 0.2) is 0 Å². The standard InChI is InChI=1S/C14H20O4/c1-14-7-8(2-5-12(14)18-14)13(15)16-9-3-4-10-11(6-9)17-10/h8-12H,2-7H2,1H3. The number of hydrogen-bond acceptors (Lipinski definition) is 4. The molecule has 6 unspecified atom stereocenters. The molecule has 4 nitrogen and oxygen atoms in total. The highest BCUT2D eigenvalue weighted by molar-refractivity contribution is 5.73. The SMILES string of the molecule is CC12CC(C(=O)OC3CCC4OC4C3)CCC1O2. The molecule has 0 aromatic carbocycles.